The highest BCUT2D eigenvalue weighted by molar-refractivity contribution is 6.09. The Labute approximate surface area is 383 Å². The monoisotopic (exact) mass is 846 g/mol. The van der Waals surface area contributed by atoms with E-state index in [4.69, 9.17) is 9.72 Å². The fourth-order valence-electron chi connectivity index (χ4n) is 10.5. The molecule has 66 heavy (non-hydrogen) atoms. The third kappa shape index (κ3) is 6.20. The molecule has 9 aromatic carbocycles. The number of pyridine rings is 1. The smallest absolute Gasteiger partial charge is 0.137 e. The van der Waals surface area contributed by atoms with E-state index in [-0.39, 0.29) is 5.92 Å². The van der Waals surface area contributed by atoms with Crippen molar-refractivity contribution in [1.82, 2.24) is 9.55 Å². The highest BCUT2D eigenvalue weighted by atomic mass is 16.5. The van der Waals surface area contributed by atoms with E-state index < -0.39 is 0 Å². The zero-order chi connectivity index (χ0) is 43.6. The van der Waals surface area contributed by atoms with Crippen molar-refractivity contribution in [1.29, 1.82) is 0 Å². The summed E-state index contributed by atoms with van der Waals surface area (Å²) in [5, 5.41) is 2.32. The van der Waals surface area contributed by atoms with Gasteiger partial charge in [-0.05, 0) is 93.5 Å². The third-order valence-electron chi connectivity index (χ3n) is 13.4. The van der Waals surface area contributed by atoms with Gasteiger partial charge in [-0.15, -0.1) is 0 Å². The molecule has 0 amide bonds. The molecule has 0 radical (unpaired) electrons. The lowest BCUT2D eigenvalue weighted by Crippen LogP contribution is -2.24. The van der Waals surface area contributed by atoms with Crippen LogP contribution in [0.3, 0.4) is 0 Å². The summed E-state index contributed by atoms with van der Waals surface area (Å²) >= 11 is 0. The Morgan fingerprint density at radius 1 is 0.424 bits per heavy atom. The van der Waals surface area contributed by atoms with Crippen LogP contribution >= 0.6 is 0 Å². The Kier molecular flexibility index (Phi) is 8.91. The zero-order valence-electron chi connectivity index (χ0n) is 36.0. The SMILES string of the molecule is c1ccc(-c2cccc(-c3ccccc3)c2N2CN(c3cccc(Oc4ccc5c6ccccc6n(-c6cc(C7c8ccccc8-c8ccccc87)ccn6)c5c4)c3)c3ccccc32)cc1. The highest BCUT2D eigenvalue weighted by Gasteiger charge is 2.32. The number of nitrogens with zero attached hydrogens (tertiary/aromatic N) is 4. The average molecular weight is 847 g/mol. The number of aromatic nitrogens is 2. The van der Waals surface area contributed by atoms with Gasteiger partial charge < -0.3 is 14.5 Å². The molecule has 0 saturated carbocycles. The van der Waals surface area contributed by atoms with Gasteiger partial charge >= 0.3 is 0 Å². The van der Waals surface area contributed by atoms with E-state index in [1.807, 2.05) is 12.3 Å². The van der Waals surface area contributed by atoms with Crippen LogP contribution in [0.15, 0.2) is 237 Å². The van der Waals surface area contributed by atoms with E-state index in [1.54, 1.807) is 0 Å². The Bertz CT molecular complexity index is 3530. The van der Waals surface area contributed by atoms with Crippen molar-refractivity contribution in [3.63, 3.8) is 0 Å². The summed E-state index contributed by atoms with van der Waals surface area (Å²) in [6, 6.07) is 82.3. The average Bonchev–Trinajstić information content (AvgIpc) is 4.05. The Morgan fingerprint density at radius 2 is 1.00 bits per heavy atom. The Balaban J connectivity index is 0.868. The number of rotatable bonds is 8. The molecular weight excluding hydrogens is 805 g/mol. The Morgan fingerprint density at radius 3 is 1.73 bits per heavy atom. The van der Waals surface area contributed by atoms with Crippen molar-refractivity contribution < 1.29 is 4.74 Å². The van der Waals surface area contributed by atoms with E-state index >= 15 is 0 Å². The van der Waals surface area contributed by atoms with Crippen LogP contribution in [0.4, 0.5) is 22.7 Å². The quantitative estimate of drug-likeness (QED) is 0.153. The summed E-state index contributed by atoms with van der Waals surface area (Å²) in [5.41, 5.74) is 17.9. The van der Waals surface area contributed by atoms with Gasteiger partial charge in [0.1, 0.15) is 24.0 Å². The number of para-hydroxylation sites is 4. The van der Waals surface area contributed by atoms with Gasteiger partial charge in [-0.2, -0.15) is 0 Å². The lowest BCUT2D eigenvalue weighted by atomic mass is 9.90. The molecule has 2 aromatic heterocycles. The molecule has 1 aliphatic heterocycles. The number of benzene rings is 9. The second-order valence-electron chi connectivity index (χ2n) is 17.1. The molecule has 5 nitrogen and oxygen atoms in total. The molecule has 2 aliphatic rings. The van der Waals surface area contributed by atoms with E-state index in [1.165, 1.54) is 61.1 Å². The van der Waals surface area contributed by atoms with Crippen LogP contribution in [-0.4, -0.2) is 16.2 Å². The van der Waals surface area contributed by atoms with Gasteiger partial charge in [-0.3, -0.25) is 4.57 Å². The van der Waals surface area contributed by atoms with Crippen LogP contribution in [0.2, 0.25) is 0 Å². The van der Waals surface area contributed by atoms with Gasteiger partial charge in [0.05, 0.1) is 28.1 Å². The molecule has 0 spiro atoms. The van der Waals surface area contributed by atoms with Crippen LogP contribution in [-0.2, 0) is 0 Å². The normalized spacial score (nSPS) is 13.0. The minimum absolute atomic E-state index is 0.123. The summed E-state index contributed by atoms with van der Waals surface area (Å²) in [6.07, 6.45) is 1.96. The molecule has 0 bridgehead atoms. The van der Waals surface area contributed by atoms with Crippen LogP contribution in [0.5, 0.6) is 11.5 Å². The molecule has 0 unspecified atom stereocenters. The Hall–Kier alpha value is -8.67. The topological polar surface area (TPSA) is 33.5 Å². The molecular formula is C61H42N4O. The summed E-state index contributed by atoms with van der Waals surface area (Å²) in [7, 11) is 0. The van der Waals surface area contributed by atoms with Crippen LogP contribution in [0.25, 0.3) is 61.0 Å². The number of ether oxygens (including phenoxy) is 1. The number of hydrogen-bond donors (Lipinski definition) is 0. The number of anilines is 4. The number of fused-ring (bicyclic) bond motifs is 7. The molecule has 0 saturated heterocycles. The minimum atomic E-state index is 0.123. The van der Waals surface area contributed by atoms with Crippen LogP contribution < -0.4 is 14.5 Å². The summed E-state index contributed by atoms with van der Waals surface area (Å²) in [4.78, 5) is 9.89. The molecule has 3 heterocycles. The van der Waals surface area contributed by atoms with Gasteiger partial charge in [0, 0.05) is 51.8 Å². The summed E-state index contributed by atoms with van der Waals surface area (Å²) in [5.74, 6) is 2.52. The van der Waals surface area contributed by atoms with E-state index in [0.29, 0.717) is 6.67 Å². The summed E-state index contributed by atoms with van der Waals surface area (Å²) in [6.45, 7) is 0.628. The van der Waals surface area contributed by atoms with Crippen molar-refractivity contribution >= 4 is 44.6 Å². The first-order valence-corrected chi connectivity index (χ1v) is 22.6. The maximum absolute atomic E-state index is 6.84. The molecule has 13 rings (SSSR count). The first-order chi connectivity index (χ1) is 32.7. The maximum Gasteiger partial charge on any atom is 0.137 e. The molecule has 5 heteroatoms. The maximum atomic E-state index is 6.84. The standard InChI is InChI=1S/C61H42N4O/c1-3-17-41(18-4-1)47-28-16-29-48(42-19-5-2-6-20-42)61(47)64-40-63(56-31-13-14-32-57(56)64)44-21-15-22-45(38-44)66-46-33-34-52-51-25-11-12-30-55(51)65(58(52)39-46)59-37-43(35-36-62-59)60-53-26-9-7-23-49(53)50-24-8-10-27-54(50)60/h1-39,60H,40H2. The first-order valence-electron chi connectivity index (χ1n) is 22.6. The predicted molar refractivity (Wildman–Crippen MR) is 271 cm³/mol. The van der Waals surface area contributed by atoms with Gasteiger partial charge in [0.25, 0.3) is 0 Å². The lowest BCUT2D eigenvalue weighted by molar-refractivity contribution is 0.483. The largest absolute Gasteiger partial charge is 0.457 e. The minimum Gasteiger partial charge on any atom is -0.457 e. The van der Waals surface area contributed by atoms with Crippen molar-refractivity contribution in [2.45, 2.75) is 5.92 Å². The molecule has 11 aromatic rings. The predicted octanol–water partition coefficient (Wildman–Crippen LogP) is 15.7. The summed E-state index contributed by atoms with van der Waals surface area (Å²) < 4.78 is 9.12. The molecule has 0 N–H and O–H groups in total. The number of hydrogen-bond acceptors (Lipinski definition) is 4. The van der Waals surface area contributed by atoms with Gasteiger partial charge in [0.15, 0.2) is 0 Å². The second kappa shape index (κ2) is 15.5. The van der Waals surface area contributed by atoms with Crippen molar-refractivity contribution in [3.05, 3.63) is 253 Å². The van der Waals surface area contributed by atoms with Gasteiger partial charge in [-0.25, -0.2) is 4.98 Å². The fraction of sp³-hybridized carbons (Fsp3) is 0.0328. The van der Waals surface area contributed by atoms with Crippen LogP contribution in [0, 0.1) is 0 Å². The van der Waals surface area contributed by atoms with Crippen molar-refractivity contribution in [2.75, 3.05) is 16.5 Å². The van der Waals surface area contributed by atoms with Crippen LogP contribution in [0.1, 0.15) is 22.6 Å². The third-order valence-corrected chi connectivity index (χ3v) is 13.4. The fourth-order valence-corrected chi connectivity index (χ4v) is 10.5. The van der Waals surface area contributed by atoms with Gasteiger partial charge in [-0.1, -0.05) is 164 Å². The molecule has 312 valence electrons. The lowest BCUT2D eigenvalue weighted by Gasteiger charge is -2.27. The van der Waals surface area contributed by atoms with Crippen molar-refractivity contribution in [2.24, 2.45) is 0 Å². The molecule has 0 atom stereocenters. The zero-order valence-corrected chi connectivity index (χ0v) is 36.0. The van der Waals surface area contributed by atoms with E-state index in [2.05, 4.69) is 239 Å². The molecule has 1 aliphatic carbocycles. The van der Waals surface area contributed by atoms with Crippen molar-refractivity contribution in [3.8, 4) is 50.7 Å². The van der Waals surface area contributed by atoms with E-state index in [0.717, 1.165) is 50.8 Å². The molecule has 0 fully saturated rings. The van der Waals surface area contributed by atoms with E-state index in [9.17, 15) is 0 Å². The first kappa shape index (κ1) is 37.8. The second-order valence-corrected chi connectivity index (χ2v) is 17.1. The van der Waals surface area contributed by atoms with Gasteiger partial charge in [0.2, 0.25) is 0 Å². The highest BCUT2D eigenvalue weighted by Crippen LogP contribution is 2.51.